The Kier molecular flexibility index (Phi) is 3.78. The number of anilines is 1. The summed E-state index contributed by atoms with van der Waals surface area (Å²) in [5.41, 5.74) is 1.32. The zero-order chi connectivity index (χ0) is 7.52. The highest BCUT2D eigenvalue weighted by Gasteiger charge is 2.10. The van der Waals surface area contributed by atoms with Crippen molar-refractivity contribution in [3.05, 3.63) is 24.5 Å². The minimum Gasteiger partial charge on any atom is -0.371 e. The molecule has 0 aliphatic carbocycles. The third kappa shape index (κ3) is 2.09. The highest BCUT2D eigenvalue weighted by Crippen LogP contribution is 2.17. The summed E-state index contributed by atoms with van der Waals surface area (Å²) in [5.74, 6) is 0. The quantitative estimate of drug-likeness (QED) is 0.732. The molecule has 0 spiro atoms. The van der Waals surface area contributed by atoms with E-state index in [1.54, 1.807) is 0 Å². The Labute approximate surface area is 90.0 Å². The first-order chi connectivity index (χ1) is 5.47. The van der Waals surface area contributed by atoms with Gasteiger partial charge < -0.3 is 4.90 Å². The first-order valence-electron chi connectivity index (χ1n) is 4.12. The van der Waals surface area contributed by atoms with Crippen LogP contribution in [0.3, 0.4) is 0 Å². The molecule has 0 amide bonds. The van der Waals surface area contributed by atoms with Crippen LogP contribution in [-0.2, 0) is 0 Å². The lowest BCUT2D eigenvalue weighted by Gasteiger charge is -2.16. The molecule has 1 aliphatic rings. The van der Waals surface area contributed by atoms with Gasteiger partial charge in [-0.1, -0.05) is 0 Å². The van der Waals surface area contributed by atoms with Crippen molar-refractivity contribution in [3.63, 3.8) is 0 Å². The van der Waals surface area contributed by atoms with Gasteiger partial charge in [-0.05, 0) is 25.0 Å². The maximum absolute atomic E-state index is 3.99. The van der Waals surface area contributed by atoms with Crippen LogP contribution in [0.5, 0.6) is 0 Å². The molecular formula is C9H13IN2. The van der Waals surface area contributed by atoms with E-state index >= 15 is 0 Å². The molecule has 2 nitrogen and oxygen atoms in total. The normalized spacial score (nSPS) is 15.8. The molecule has 0 radical (unpaired) electrons. The summed E-state index contributed by atoms with van der Waals surface area (Å²) in [6.07, 6.45) is 6.38. The molecule has 12 heavy (non-hydrogen) atoms. The van der Waals surface area contributed by atoms with Gasteiger partial charge in [-0.15, -0.1) is 24.0 Å². The van der Waals surface area contributed by atoms with Crippen molar-refractivity contribution in [1.82, 2.24) is 4.98 Å². The zero-order valence-electron chi connectivity index (χ0n) is 6.94. The maximum atomic E-state index is 3.99. The van der Waals surface area contributed by atoms with Gasteiger partial charge >= 0.3 is 0 Å². The number of pyridine rings is 1. The Hall–Kier alpha value is -0.320. The van der Waals surface area contributed by atoms with E-state index in [1.165, 1.54) is 31.6 Å². The van der Waals surface area contributed by atoms with Gasteiger partial charge in [0.15, 0.2) is 0 Å². The second-order valence-electron chi connectivity index (χ2n) is 2.90. The molecule has 1 aromatic rings. The molecule has 1 saturated heterocycles. The molecule has 0 aromatic carbocycles. The molecule has 1 aromatic heterocycles. The molecule has 2 rings (SSSR count). The maximum Gasteiger partial charge on any atom is 0.0397 e. The molecule has 0 atom stereocenters. The number of halogens is 1. The monoisotopic (exact) mass is 276 g/mol. The summed E-state index contributed by atoms with van der Waals surface area (Å²) in [5, 5.41) is 0. The minimum atomic E-state index is 0. The lowest BCUT2D eigenvalue weighted by molar-refractivity contribution is 0.949. The van der Waals surface area contributed by atoms with Crippen LogP contribution >= 0.6 is 24.0 Å². The topological polar surface area (TPSA) is 16.1 Å². The molecule has 3 heteroatoms. The molecule has 0 bridgehead atoms. The van der Waals surface area contributed by atoms with Crippen molar-refractivity contribution >= 4 is 29.7 Å². The molecular weight excluding hydrogens is 263 g/mol. The average Bonchev–Trinajstić information content (AvgIpc) is 2.58. The van der Waals surface area contributed by atoms with Crippen LogP contribution in [-0.4, -0.2) is 18.1 Å². The molecule has 0 saturated carbocycles. The Morgan fingerprint density at radius 1 is 1.08 bits per heavy atom. The largest absolute Gasteiger partial charge is 0.371 e. The van der Waals surface area contributed by atoms with E-state index in [4.69, 9.17) is 0 Å². The molecule has 1 fully saturated rings. The second-order valence-corrected chi connectivity index (χ2v) is 2.90. The first kappa shape index (κ1) is 9.77. The van der Waals surface area contributed by atoms with Gasteiger partial charge in [-0.25, -0.2) is 0 Å². The van der Waals surface area contributed by atoms with Crippen molar-refractivity contribution in [2.45, 2.75) is 12.8 Å². The van der Waals surface area contributed by atoms with Gasteiger partial charge in [0.1, 0.15) is 0 Å². The van der Waals surface area contributed by atoms with Crippen molar-refractivity contribution in [3.8, 4) is 0 Å². The predicted octanol–water partition coefficient (Wildman–Crippen LogP) is 2.30. The number of aromatic nitrogens is 1. The van der Waals surface area contributed by atoms with E-state index in [-0.39, 0.29) is 24.0 Å². The number of hydrogen-bond donors (Lipinski definition) is 0. The Morgan fingerprint density at radius 2 is 1.67 bits per heavy atom. The SMILES string of the molecule is I.c1cc(N2CCCC2)ccn1. The van der Waals surface area contributed by atoms with Crippen molar-refractivity contribution in [2.75, 3.05) is 18.0 Å². The first-order valence-corrected chi connectivity index (χ1v) is 4.12. The Balaban J connectivity index is 0.000000720. The van der Waals surface area contributed by atoms with Gasteiger partial charge in [-0.3, -0.25) is 4.98 Å². The summed E-state index contributed by atoms with van der Waals surface area (Å²) in [6, 6.07) is 4.15. The van der Waals surface area contributed by atoms with E-state index in [0.717, 1.165) is 0 Å². The molecule has 0 unspecified atom stereocenters. The van der Waals surface area contributed by atoms with E-state index < -0.39 is 0 Å². The van der Waals surface area contributed by atoms with E-state index in [9.17, 15) is 0 Å². The fourth-order valence-electron chi connectivity index (χ4n) is 1.53. The fourth-order valence-corrected chi connectivity index (χ4v) is 1.53. The fraction of sp³-hybridized carbons (Fsp3) is 0.444. The average molecular weight is 276 g/mol. The van der Waals surface area contributed by atoms with Crippen molar-refractivity contribution < 1.29 is 0 Å². The van der Waals surface area contributed by atoms with Crippen LogP contribution in [0.2, 0.25) is 0 Å². The van der Waals surface area contributed by atoms with Gasteiger partial charge in [0.2, 0.25) is 0 Å². The smallest absolute Gasteiger partial charge is 0.0397 e. The van der Waals surface area contributed by atoms with E-state index in [0.29, 0.717) is 0 Å². The summed E-state index contributed by atoms with van der Waals surface area (Å²) < 4.78 is 0. The Morgan fingerprint density at radius 3 is 2.25 bits per heavy atom. The molecule has 0 N–H and O–H groups in total. The number of hydrogen-bond acceptors (Lipinski definition) is 2. The van der Waals surface area contributed by atoms with Crippen molar-refractivity contribution in [1.29, 1.82) is 0 Å². The van der Waals surface area contributed by atoms with Gasteiger partial charge in [0, 0.05) is 31.2 Å². The lowest BCUT2D eigenvalue weighted by Crippen LogP contribution is -2.17. The van der Waals surface area contributed by atoms with Crippen LogP contribution in [0.1, 0.15) is 12.8 Å². The van der Waals surface area contributed by atoms with E-state index in [2.05, 4.69) is 22.0 Å². The van der Waals surface area contributed by atoms with E-state index in [1.807, 2.05) is 12.4 Å². The molecule has 2 heterocycles. The molecule has 1 aliphatic heterocycles. The van der Waals surface area contributed by atoms with Crippen molar-refractivity contribution in [2.24, 2.45) is 0 Å². The minimum absolute atomic E-state index is 0. The van der Waals surface area contributed by atoms with Crippen LogP contribution in [0.15, 0.2) is 24.5 Å². The summed E-state index contributed by atoms with van der Waals surface area (Å²) in [7, 11) is 0. The molecule has 66 valence electrons. The Bertz CT molecular complexity index is 219. The van der Waals surface area contributed by atoms with Gasteiger partial charge in [-0.2, -0.15) is 0 Å². The lowest BCUT2D eigenvalue weighted by atomic mass is 10.4. The number of rotatable bonds is 1. The summed E-state index contributed by atoms with van der Waals surface area (Å²) in [4.78, 5) is 6.39. The summed E-state index contributed by atoms with van der Waals surface area (Å²) >= 11 is 0. The van der Waals surface area contributed by atoms with Gasteiger partial charge in [0.25, 0.3) is 0 Å². The zero-order valence-corrected chi connectivity index (χ0v) is 9.27. The third-order valence-electron chi connectivity index (χ3n) is 2.13. The standard InChI is InChI=1S/C9H12N2.HI/c1-2-8-11(7-1)9-3-5-10-6-4-9;/h3-6H,1-2,7-8H2;1H. The van der Waals surface area contributed by atoms with Crippen LogP contribution in [0.25, 0.3) is 0 Å². The summed E-state index contributed by atoms with van der Waals surface area (Å²) in [6.45, 7) is 2.42. The second kappa shape index (κ2) is 4.64. The highest BCUT2D eigenvalue weighted by atomic mass is 127. The van der Waals surface area contributed by atoms with Gasteiger partial charge in [0.05, 0.1) is 0 Å². The van der Waals surface area contributed by atoms with Crippen LogP contribution in [0.4, 0.5) is 5.69 Å². The van der Waals surface area contributed by atoms with Crippen LogP contribution < -0.4 is 4.90 Å². The highest BCUT2D eigenvalue weighted by molar-refractivity contribution is 14.0. The predicted molar refractivity (Wildman–Crippen MR) is 61.1 cm³/mol. The number of nitrogens with zero attached hydrogens (tertiary/aromatic N) is 2. The third-order valence-corrected chi connectivity index (χ3v) is 2.13. The van der Waals surface area contributed by atoms with Crippen LogP contribution in [0, 0.1) is 0 Å².